The molecule has 1 saturated heterocycles. The fourth-order valence-electron chi connectivity index (χ4n) is 3.20. The predicted octanol–water partition coefficient (Wildman–Crippen LogP) is 3.92. The Labute approximate surface area is 161 Å². The summed E-state index contributed by atoms with van der Waals surface area (Å²) in [6.07, 6.45) is 1.10. The molecule has 0 saturated carbocycles. The van der Waals surface area contributed by atoms with Crippen LogP contribution in [0.4, 0.5) is 15.2 Å². The number of aromatic nitrogens is 2. The first-order chi connectivity index (χ1) is 13.2. The Bertz CT molecular complexity index is 894. The quantitative estimate of drug-likeness (QED) is 0.698. The first-order valence-electron chi connectivity index (χ1n) is 9.03. The van der Waals surface area contributed by atoms with E-state index in [1.807, 2.05) is 47.4 Å². The molecule has 27 heavy (non-hydrogen) atoms. The summed E-state index contributed by atoms with van der Waals surface area (Å²) in [7, 11) is 0. The van der Waals surface area contributed by atoms with Crippen LogP contribution < -0.4 is 10.2 Å². The molecule has 0 bridgehead atoms. The third kappa shape index (κ3) is 4.26. The number of hydrogen-bond acceptors (Lipinski definition) is 6. The molecule has 0 radical (unpaired) electrons. The second-order valence-electron chi connectivity index (χ2n) is 6.65. The lowest BCUT2D eigenvalue weighted by Crippen LogP contribution is -2.36. The zero-order valence-electron chi connectivity index (χ0n) is 14.8. The van der Waals surface area contributed by atoms with Crippen molar-refractivity contribution < 1.29 is 9.50 Å². The first kappa shape index (κ1) is 17.9. The smallest absolute Gasteiger partial charge is 0.203 e. The maximum atomic E-state index is 14.5. The fraction of sp³-hybridized carbons (Fsp3) is 0.300. The summed E-state index contributed by atoms with van der Waals surface area (Å²) in [6, 6.07) is 15.1. The van der Waals surface area contributed by atoms with Crippen LogP contribution in [0.5, 0.6) is 0 Å². The van der Waals surface area contributed by atoms with E-state index in [4.69, 9.17) is 0 Å². The van der Waals surface area contributed by atoms with Crippen molar-refractivity contribution in [2.75, 3.05) is 23.3 Å². The molecule has 1 aliphatic heterocycles. The van der Waals surface area contributed by atoms with E-state index in [0.29, 0.717) is 49.1 Å². The van der Waals surface area contributed by atoms with E-state index in [1.54, 1.807) is 6.07 Å². The molecule has 4 rings (SSSR count). The van der Waals surface area contributed by atoms with Crippen LogP contribution in [0.2, 0.25) is 0 Å². The van der Waals surface area contributed by atoms with Crippen molar-refractivity contribution in [1.29, 1.82) is 0 Å². The lowest BCUT2D eigenvalue weighted by atomic mass is 10.1. The Morgan fingerprint density at radius 2 is 1.93 bits per heavy atom. The molecule has 2 aromatic carbocycles. The average molecular weight is 384 g/mol. The Kier molecular flexibility index (Phi) is 5.31. The number of rotatable bonds is 5. The predicted molar refractivity (Wildman–Crippen MR) is 107 cm³/mol. The van der Waals surface area contributed by atoms with Crippen LogP contribution in [0.3, 0.4) is 0 Å². The maximum Gasteiger partial charge on any atom is 0.203 e. The van der Waals surface area contributed by atoms with E-state index in [0.717, 1.165) is 11.1 Å². The Morgan fingerprint density at radius 3 is 2.67 bits per heavy atom. The number of nitrogens with one attached hydrogen (secondary N) is 1. The average Bonchev–Trinajstić information content (AvgIpc) is 3.17. The van der Waals surface area contributed by atoms with Crippen LogP contribution in [-0.4, -0.2) is 33.7 Å². The zero-order chi connectivity index (χ0) is 18.6. The second kappa shape index (κ2) is 8.02. The first-order valence-corrected chi connectivity index (χ1v) is 9.81. The number of aliphatic hydroxyl groups excluding tert-OH is 1. The highest BCUT2D eigenvalue weighted by Gasteiger charge is 2.19. The minimum atomic E-state index is -0.263. The number of piperidine rings is 1. The van der Waals surface area contributed by atoms with Gasteiger partial charge < -0.3 is 15.3 Å². The largest absolute Gasteiger partial charge is 0.393 e. The molecular formula is C20H21FN4OS. The molecule has 7 heteroatoms. The van der Waals surface area contributed by atoms with Gasteiger partial charge in [0, 0.05) is 36.7 Å². The van der Waals surface area contributed by atoms with Gasteiger partial charge >= 0.3 is 0 Å². The fourth-order valence-corrected chi connectivity index (χ4v) is 3.78. The monoisotopic (exact) mass is 384 g/mol. The summed E-state index contributed by atoms with van der Waals surface area (Å²) in [5.74, 6) is 0.463. The van der Waals surface area contributed by atoms with Gasteiger partial charge in [-0.15, -0.1) is 0 Å². The number of benzene rings is 2. The third-order valence-corrected chi connectivity index (χ3v) is 5.39. The molecule has 1 aliphatic rings. The van der Waals surface area contributed by atoms with Crippen molar-refractivity contribution in [3.05, 3.63) is 59.9 Å². The zero-order valence-corrected chi connectivity index (χ0v) is 15.6. The van der Waals surface area contributed by atoms with Gasteiger partial charge in [-0.25, -0.2) is 4.39 Å². The van der Waals surface area contributed by atoms with Crippen LogP contribution in [0, 0.1) is 5.82 Å². The van der Waals surface area contributed by atoms with E-state index in [-0.39, 0.29) is 11.9 Å². The molecule has 0 atom stereocenters. The van der Waals surface area contributed by atoms with Gasteiger partial charge in [-0.1, -0.05) is 36.4 Å². The third-order valence-electron chi connectivity index (χ3n) is 4.72. The molecule has 3 aromatic rings. The molecular weight excluding hydrogens is 363 g/mol. The van der Waals surface area contributed by atoms with E-state index in [2.05, 4.69) is 14.7 Å². The maximum absolute atomic E-state index is 14.5. The standard InChI is InChI=1S/C20H21FN4OS/c21-17-12-14(6-7-18(17)25-10-8-16(26)9-11-25)13-22-20-23-19(24-27-20)15-4-2-1-3-5-15/h1-7,12,16,26H,8-11,13H2,(H,22,23,24). The van der Waals surface area contributed by atoms with E-state index in [1.165, 1.54) is 11.5 Å². The molecule has 0 spiro atoms. The van der Waals surface area contributed by atoms with Gasteiger partial charge in [-0.3, -0.25) is 0 Å². The van der Waals surface area contributed by atoms with E-state index < -0.39 is 0 Å². The molecule has 2 heterocycles. The highest BCUT2D eigenvalue weighted by atomic mass is 32.1. The number of nitrogens with zero attached hydrogens (tertiary/aromatic N) is 3. The van der Waals surface area contributed by atoms with Gasteiger partial charge in [-0.2, -0.15) is 9.36 Å². The minimum absolute atomic E-state index is 0.229. The Hall–Kier alpha value is -2.51. The van der Waals surface area contributed by atoms with Gasteiger partial charge in [0.05, 0.1) is 11.8 Å². The number of anilines is 2. The van der Waals surface area contributed by atoms with Gasteiger partial charge in [0.2, 0.25) is 5.13 Å². The highest BCUT2D eigenvalue weighted by Crippen LogP contribution is 2.25. The molecule has 0 amide bonds. The summed E-state index contributed by atoms with van der Waals surface area (Å²) in [4.78, 5) is 6.48. The van der Waals surface area contributed by atoms with Crippen molar-refractivity contribution in [2.24, 2.45) is 0 Å². The highest BCUT2D eigenvalue weighted by molar-refractivity contribution is 7.09. The minimum Gasteiger partial charge on any atom is -0.393 e. The van der Waals surface area contributed by atoms with Crippen LogP contribution in [0.1, 0.15) is 18.4 Å². The number of aliphatic hydroxyl groups is 1. The molecule has 140 valence electrons. The van der Waals surface area contributed by atoms with Gasteiger partial charge in [0.15, 0.2) is 5.82 Å². The lowest BCUT2D eigenvalue weighted by molar-refractivity contribution is 0.145. The van der Waals surface area contributed by atoms with Crippen molar-refractivity contribution >= 4 is 22.4 Å². The number of hydrogen-bond donors (Lipinski definition) is 2. The summed E-state index contributed by atoms with van der Waals surface area (Å²) in [5, 5.41) is 13.5. The second-order valence-corrected chi connectivity index (χ2v) is 7.40. The van der Waals surface area contributed by atoms with Crippen LogP contribution in [0.15, 0.2) is 48.5 Å². The summed E-state index contributed by atoms with van der Waals surface area (Å²) in [6.45, 7) is 1.85. The van der Waals surface area contributed by atoms with E-state index >= 15 is 0 Å². The van der Waals surface area contributed by atoms with Crippen molar-refractivity contribution in [3.8, 4) is 11.4 Å². The van der Waals surface area contributed by atoms with Crippen molar-refractivity contribution in [2.45, 2.75) is 25.5 Å². The molecule has 1 fully saturated rings. The van der Waals surface area contributed by atoms with Crippen LogP contribution >= 0.6 is 11.5 Å². The summed E-state index contributed by atoms with van der Waals surface area (Å²) in [5.41, 5.74) is 2.43. The molecule has 1 aromatic heterocycles. The SMILES string of the molecule is OC1CCN(c2ccc(CNc3nc(-c4ccccc4)ns3)cc2F)CC1. The molecule has 2 N–H and O–H groups in total. The normalized spacial score (nSPS) is 15.1. The summed E-state index contributed by atoms with van der Waals surface area (Å²) < 4.78 is 18.9. The van der Waals surface area contributed by atoms with Gasteiger partial charge in [0.1, 0.15) is 5.82 Å². The van der Waals surface area contributed by atoms with Crippen molar-refractivity contribution in [1.82, 2.24) is 9.36 Å². The number of halogens is 1. The van der Waals surface area contributed by atoms with Crippen molar-refractivity contribution in [3.63, 3.8) is 0 Å². The Morgan fingerprint density at radius 1 is 1.15 bits per heavy atom. The summed E-state index contributed by atoms with van der Waals surface area (Å²) >= 11 is 1.30. The lowest BCUT2D eigenvalue weighted by Gasteiger charge is -2.31. The molecule has 0 unspecified atom stereocenters. The van der Waals surface area contributed by atoms with E-state index in [9.17, 15) is 9.50 Å². The van der Waals surface area contributed by atoms with Gasteiger partial charge in [0.25, 0.3) is 0 Å². The topological polar surface area (TPSA) is 61.3 Å². The van der Waals surface area contributed by atoms with Gasteiger partial charge in [-0.05, 0) is 30.5 Å². The molecule has 0 aliphatic carbocycles. The van der Waals surface area contributed by atoms with Crippen LogP contribution in [-0.2, 0) is 6.54 Å². The van der Waals surface area contributed by atoms with Crippen LogP contribution in [0.25, 0.3) is 11.4 Å². The Balaban J connectivity index is 1.39. The molecule has 5 nitrogen and oxygen atoms in total.